The van der Waals surface area contributed by atoms with Crippen LogP contribution in [0.5, 0.6) is 0 Å². The van der Waals surface area contributed by atoms with Crippen LogP contribution in [0.3, 0.4) is 0 Å². The molecule has 2 aromatic rings. The van der Waals surface area contributed by atoms with Crippen LogP contribution in [-0.2, 0) is 0 Å². The molecular formula is C18H15ClF2N2O2. The number of rotatable bonds is 4. The Kier molecular flexibility index (Phi) is 4.99. The third kappa shape index (κ3) is 3.35. The van der Waals surface area contributed by atoms with Crippen molar-refractivity contribution in [2.75, 3.05) is 36.0 Å². The fourth-order valence-corrected chi connectivity index (χ4v) is 3.12. The number of hydrogen-bond donors (Lipinski definition) is 0. The zero-order valence-corrected chi connectivity index (χ0v) is 14.0. The van der Waals surface area contributed by atoms with E-state index in [1.165, 1.54) is 12.1 Å². The number of carbonyl (C=O) groups excluding carboxylic acids is 2. The van der Waals surface area contributed by atoms with Crippen molar-refractivity contribution in [1.29, 1.82) is 0 Å². The van der Waals surface area contributed by atoms with E-state index < -0.39 is 11.6 Å². The topological polar surface area (TPSA) is 40.6 Å². The molecule has 130 valence electrons. The number of carbonyl (C=O) groups is 2. The minimum absolute atomic E-state index is 0.150. The number of anilines is 2. The van der Waals surface area contributed by atoms with Crippen molar-refractivity contribution < 1.29 is 18.4 Å². The minimum atomic E-state index is -1.12. The van der Waals surface area contributed by atoms with Gasteiger partial charge in [-0.05, 0) is 30.3 Å². The maximum Gasteiger partial charge on any atom is 0.182 e. The van der Waals surface area contributed by atoms with Gasteiger partial charge in [0.25, 0.3) is 0 Å². The summed E-state index contributed by atoms with van der Waals surface area (Å²) >= 11 is 6.05. The monoisotopic (exact) mass is 364 g/mol. The zero-order valence-electron chi connectivity index (χ0n) is 13.2. The van der Waals surface area contributed by atoms with Gasteiger partial charge in [-0.2, -0.15) is 0 Å². The van der Waals surface area contributed by atoms with Gasteiger partial charge in [-0.1, -0.05) is 11.6 Å². The summed E-state index contributed by atoms with van der Waals surface area (Å²) in [6.45, 7) is 2.16. The predicted octanol–water partition coefficient (Wildman–Crippen LogP) is 3.57. The van der Waals surface area contributed by atoms with Crippen LogP contribution >= 0.6 is 11.6 Å². The van der Waals surface area contributed by atoms with E-state index in [-0.39, 0.29) is 11.3 Å². The Bertz CT molecular complexity index is 821. The summed E-state index contributed by atoms with van der Waals surface area (Å²) in [5.74, 6) is -2.12. The van der Waals surface area contributed by atoms with E-state index >= 15 is 0 Å². The largest absolute Gasteiger partial charge is 0.368 e. The molecule has 1 fully saturated rings. The van der Waals surface area contributed by atoms with Gasteiger partial charge in [0.2, 0.25) is 0 Å². The molecule has 0 aliphatic carbocycles. The molecule has 0 unspecified atom stereocenters. The first-order valence-electron chi connectivity index (χ1n) is 7.73. The molecule has 0 radical (unpaired) electrons. The third-order valence-electron chi connectivity index (χ3n) is 4.32. The number of hydrogen-bond acceptors (Lipinski definition) is 4. The fourth-order valence-electron chi connectivity index (χ4n) is 2.90. The molecule has 1 aliphatic heterocycles. The van der Waals surface area contributed by atoms with Crippen molar-refractivity contribution >= 4 is 35.5 Å². The van der Waals surface area contributed by atoms with Gasteiger partial charge in [0.05, 0.1) is 16.3 Å². The van der Waals surface area contributed by atoms with Gasteiger partial charge in [-0.15, -0.1) is 0 Å². The second-order valence-electron chi connectivity index (χ2n) is 5.72. The molecule has 0 amide bonds. The summed E-state index contributed by atoms with van der Waals surface area (Å²) < 4.78 is 27.9. The molecule has 0 spiro atoms. The Morgan fingerprint density at radius 1 is 0.840 bits per heavy atom. The summed E-state index contributed by atoms with van der Waals surface area (Å²) in [6.07, 6.45) is 0.997. The van der Waals surface area contributed by atoms with Gasteiger partial charge in [0.1, 0.15) is 0 Å². The van der Waals surface area contributed by atoms with Crippen LogP contribution in [0.25, 0.3) is 0 Å². The highest BCUT2D eigenvalue weighted by molar-refractivity contribution is 6.33. The summed E-state index contributed by atoms with van der Waals surface area (Å²) in [5.41, 5.74) is 1.16. The van der Waals surface area contributed by atoms with E-state index in [2.05, 4.69) is 4.90 Å². The van der Waals surface area contributed by atoms with Crippen LogP contribution in [-0.4, -0.2) is 38.8 Å². The molecule has 1 saturated heterocycles. The highest BCUT2D eigenvalue weighted by atomic mass is 35.5. The second kappa shape index (κ2) is 7.19. The van der Waals surface area contributed by atoms with Gasteiger partial charge in [-0.25, -0.2) is 8.78 Å². The number of benzene rings is 2. The Morgan fingerprint density at radius 3 is 2.04 bits per heavy atom. The fraction of sp³-hybridized carbons (Fsp3) is 0.222. The van der Waals surface area contributed by atoms with E-state index in [1.807, 2.05) is 6.07 Å². The molecule has 1 aliphatic rings. The molecule has 0 N–H and O–H groups in total. The molecule has 25 heavy (non-hydrogen) atoms. The lowest BCUT2D eigenvalue weighted by Gasteiger charge is -2.37. The van der Waals surface area contributed by atoms with E-state index in [0.29, 0.717) is 49.3 Å². The van der Waals surface area contributed by atoms with E-state index in [0.717, 1.165) is 5.69 Å². The molecule has 4 nitrogen and oxygen atoms in total. The molecule has 2 aromatic carbocycles. The van der Waals surface area contributed by atoms with Crippen molar-refractivity contribution in [2.45, 2.75) is 0 Å². The molecule has 3 rings (SSSR count). The lowest BCUT2D eigenvalue weighted by Crippen LogP contribution is -2.47. The lowest BCUT2D eigenvalue weighted by atomic mass is 10.1. The van der Waals surface area contributed by atoms with Crippen molar-refractivity contribution in [3.05, 3.63) is 58.1 Å². The maximum absolute atomic E-state index is 14.2. The first kappa shape index (κ1) is 17.4. The van der Waals surface area contributed by atoms with Crippen LogP contribution in [0.4, 0.5) is 20.2 Å². The van der Waals surface area contributed by atoms with E-state index in [9.17, 15) is 18.4 Å². The van der Waals surface area contributed by atoms with Gasteiger partial charge in [-0.3, -0.25) is 9.59 Å². The average Bonchev–Trinajstić information content (AvgIpc) is 2.64. The van der Waals surface area contributed by atoms with Crippen LogP contribution in [0.2, 0.25) is 5.02 Å². The summed E-state index contributed by atoms with van der Waals surface area (Å²) in [4.78, 5) is 25.3. The Morgan fingerprint density at radius 2 is 1.44 bits per heavy atom. The Balaban J connectivity index is 1.74. The molecule has 0 atom stereocenters. The molecule has 0 bridgehead atoms. The highest BCUT2D eigenvalue weighted by Crippen LogP contribution is 2.27. The van der Waals surface area contributed by atoms with Crippen LogP contribution < -0.4 is 9.80 Å². The second-order valence-corrected chi connectivity index (χ2v) is 6.12. The predicted molar refractivity (Wildman–Crippen MR) is 93.0 cm³/mol. The smallest absolute Gasteiger partial charge is 0.182 e. The quantitative estimate of drug-likeness (QED) is 0.778. The molecule has 7 heteroatoms. The maximum atomic E-state index is 14.2. The average molecular weight is 365 g/mol. The van der Waals surface area contributed by atoms with Crippen molar-refractivity contribution in [1.82, 2.24) is 0 Å². The third-order valence-corrected chi connectivity index (χ3v) is 4.64. The number of nitrogens with zero attached hydrogens (tertiary/aromatic N) is 2. The molecule has 0 aromatic heterocycles. The molecular weight excluding hydrogens is 350 g/mol. The van der Waals surface area contributed by atoms with E-state index in [1.54, 1.807) is 17.0 Å². The van der Waals surface area contributed by atoms with E-state index in [4.69, 9.17) is 11.6 Å². The lowest BCUT2D eigenvalue weighted by molar-refractivity contribution is 0.111. The van der Waals surface area contributed by atoms with Crippen molar-refractivity contribution in [3.8, 4) is 0 Å². The van der Waals surface area contributed by atoms with Crippen molar-refractivity contribution in [3.63, 3.8) is 0 Å². The van der Waals surface area contributed by atoms with Gasteiger partial charge < -0.3 is 9.80 Å². The highest BCUT2D eigenvalue weighted by Gasteiger charge is 2.22. The van der Waals surface area contributed by atoms with Gasteiger partial charge in [0.15, 0.2) is 24.2 Å². The first-order valence-corrected chi connectivity index (χ1v) is 8.10. The van der Waals surface area contributed by atoms with Gasteiger partial charge >= 0.3 is 0 Å². The first-order chi connectivity index (χ1) is 12.0. The summed E-state index contributed by atoms with van der Waals surface area (Å²) in [7, 11) is 0. The normalized spacial score (nSPS) is 14.5. The number of aldehydes is 2. The van der Waals surface area contributed by atoms with Crippen LogP contribution in [0.15, 0.2) is 30.3 Å². The SMILES string of the molecule is O=Cc1ccc(N2CCN(c3ccc(C=O)c(F)c3F)CC2)cc1Cl. The van der Waals surface area contributed by atoms with Crippen LogP contribution in [0, 0.1) is 11.6 Å². The van der Waals surface area contributed by atoms with Crippen LogP contribution in [0.1, 0.15) is 20.7 Å². The number of halogens is 3. The van der Waals surface area contributed by atoms with Gasteiger partial charge in [0, 0.05) is 37.4 Å². The van der Waals surface area contributed by atoms with Crippen molar-refractivity contribution in [2.24, 2.45) is 0 Å². The molecule has 0 saturated carbocycles. The summed E-state index contributed by atoms with van der Waals surface area (Å²) in [5, 5.41) is 0.382. The molecule has 1 heterocycles. The summed E-state index contributed by atoms with van der Waals surface area (Å²) in [6, 6.07) is 7.90. The Labute approximate surface area is 148 Å². The minimum Gasteiger partial charge on any atom is -0.368 e. The number of piperazine rings is 1. The Hall–Kier alpha value is -2.47. The standard InChI is InChI=1S/C18H15ClF2N2O2/c19-15-9-14(3-1-12(15)10-24)22-5-7-23(8-6-22)16-4-2-13(11-25)17(20)18(16)21/h1-4,9-11H,5-8H2. The zero-order chi connectivity index (χ0) is 18.0.